The molecule has 2 heterocycles. The molecule has 1 aliphatic heterocycles. The van der Waals surface area contributed by atoms with Crippen LogP contribution in [0.1, 0.15) is 12.8 Å². The topological polar surface area (TPSA) is 117 Å². The van der Waals surface area contributed by atoms with E-state index in [0.29, 0.717) is 29.3 Å². The number of pyridine rings is 1. The number of carboxylic acids is 2. The largest absolute Gasteiger partial charge is 0.478 e. The molecule has 0 aromatic carbocycles. The van der Waals surface area contributed by atoms with Gasteiger partial charge in [-0.25, -0.2) is 9.59 Å². The van der Waals surface area contributed by atoms with Crippen LogP contribution in [0.2, 0.25) is 5.02 Å². The number of carboxylic acid groups (broad SMARTS) is 2. The van der Waals surface area contributed by atoms with Gasteiger partial charge in [0.15, 0.2) is 0 Å². The third-order valence-corrected chi connectivity index (χ3v) is 4.05. The number of rotatable bonds is 4. The Morgan fingerprint density at radius 2 is 1.96 bits per heavy atom. The van der Waals surface area contributed by atoms with Gasteiger partial charge in [0.2, 0.25) is 0 Å². The van der Waals surface area contributed by atoms with Gasteiger partial charge in [-0.3, -0.25) is 4.98 Å². The van der Waals surface area contributed by atoms with E-state index < -0.39 is 11.9 Å². The molecule has 8 heteroatoms. The third kappa shape index (κ3) is 4.67. The van der Waals surface area contributed by atoms with Crippen molar-refractivity contribution in [2.45, 2.75) is 24.9 Å². The van der Waals surface area contributed by atoms with Crippen LogP contribution in [0.25, 0.3) is 0 Å². The summed E-state index contributed by atoms with van der Waals surface area (Å²) in [7, 11) is 0. The minimum Gasteiger partial charge on any atom is -0.478 e. The van der Waals surface area contributed by atoms with Crippen LogP contribution in [0.5, 0.6) is 0 Å². The molecule has 0 radical (unpaired) electrons. The van der Waals surface area contributed by atoms with Gasteiger partial charge >= 0.3 is 11.9 Å². The fourth-order valence-corrected chi connectivity index (χ4v) is 3.02. The second-order valence-electron chi connectivity index (χ2n) is 5.47. The second kappa shape index (κ2) is 7.43. The molecular formula is C15H18ClN3O4. The van der Waals surface area contributed by atoms with E-state index in [1.807, 2.05) is 12.3 Å². The zero-order valence-corrected chi connectivity index (χ0v) is 13.1. The predicted octanol–water partition coefficient (Wildman–Crippen LogP) is 1.37. The molecule has 3 atom stereocenters. The van der Waals surface area contributed by atoms with Crippen molar-refractivity contribution in [1.82, 2.24) is 4.98 Å². The molecule has 2 fully saturated rings. The number of hydrogen-bond acceptors (Lipinski definition) is 5. The van der Waals surface area contributed by atoms with Gasteiger partial charge in [0.25, 0.3) is 0 Å². The minimum absolute atomic E-state index is 0.481. The summed E-state index contributed by atoms with van der Waals surface area (Å²) < 4.78 is 0. The first-order valence-corrected chi connectivity index (χ1v) is 7.53. The molecule has 1 aromatic heterocycles. The van der Waals surface area contributed by atoms with Crippen molar-refractivity contribution in [2.24, 2.45) is 11.7 Å². The average Bonchev–Trinajstić information content (AvgIpc) is 3.16. The lowest BCUT2D eigenvalue weighted by atomic mass is 10.1. The van der Waals surface area contributed by atoms with Crippen LogP contribution in [0.3, 0.4) is 0 Å². The van der Waals surface area contributed by atoms with Crippen molar-refractivity contribution in [3.63, 3.8) is 0 Å². The van der Waals surface area contributed by atoms with Gasteiger partial charge in [-0.05, 0) is 24.8 Å². The van der Waals surface area contributed by atoms with Crippen molar-refractivity contribution in [3.05, 3.63) is 35.6 Å². The van der Waals surface area contributed by atoms with E-state index in [2.05, 4.69) is 9.88 Å². The van der Waals surface area contributed by atoms with Crippen molar-refractivity contribution >= 4 is 29.2 Å². The molecule has 23 heavy (non-hydrogen) atoms. The van der Waals surface area contributed by atoms with E-state index in [1.165, 1.54) is 12.8 Å². The van der Waals surface area contributed by atoms with Gasteiger partial charge in [-0.15, -0.1) is 0 Å². The van der Waals surface area contributed by atoms with E-state index >= 15 is 0 Å². The van der Waals surface area contributed by atoms with Crippen LogP contribution in [0.4, 0.5) is 5.69 Å². The van der Waals surface area contributed by atoms with E-state index in [0.717, 1.165) is 18.2 Å². The second-order valence-corrected chi connectivity index (χ2v) is 5.90. The van der Waals surface area contributed by atoms with Gasteiger partial charge in [0, 0.05) is 37.0 Å². The Bertz CT molecular complexity index is 606. The Morgan fingerprint density at radius 1 is 1.30 bits per heavy atom. The number of nitrogens with two attached hydrogens (primary N) is 1. The molecular weight excluding hydrogens is 322 g/mol. The number of aliphatic carboxylic acids is 2. The van der Waals surface area contributed by atoms with Crippen molar-refractivity contribution in [3.8, 4) is 0 Å². The van der Waals surface area contributed by atoms with Crippen LogP contribution >= 0.6 is 11.6 Å². The highest BCUT2D eigenvalue weighted by atomic mass is 35.5. The van der Waals surface area contributed by atoms with Crippen LogP contribution in [-0.2, 0) is 9.59 Å². The number of carbonyl (C=O) groups is 2. The molecule has 124 valence electrons. The lowest BCUT2D eigenvalue weighted by molar-refractivity contribution is -0.134. The quantitative estimate of drug-likeness (QED) is 0.709. The average molecular weight is 340 g/mol. The lowest BCUT2D eigenvalue weighted by Gasteiger charge is -2.28. The molecule has 0 amide bonds. The molecule has 3 unspecified atom stereocenters. The summed E-state index contributed by atoms with van der Waals surface area (Å²) in [6.07, 6.45) is 7.21. The minimum atomic E-state index is -1.26. The molecule has 2 aliphatic rings. The summed E-state index contributed by atoms with van der Waals surface area (Å²) in [6, 6.07) is 3.16. The molecule has 3 rings (SSSR count). The van der Waals surface area contributed by atoms with Crippen molar-refractivity contribution in [1.29, 1.82) is 0 Å². The Hall–Kier alpha value is -2.12. The molecule has 4 N–H and O–H groups in total. The highest BCUT2D eigenvalue weighted by Gasteiger charge is 2.51. The van der Waals surface area contributed by atoms with Crippen molar-refractivity contribution in [2.75, 3.05) is 11.4 Å². The molecule has 0 spiro atoms. The number of anilines is 1. The van der Waals surface area contributed by atoms with Gasteiger partial charge in [-0.1, -0.05) is 11.6 Å². The van der Waals surface area contributed by atoms with E-state index in [4.69, 9.17) is 27.5 Å². The van der Waals surface area contributed by atoms with Crippen molar-refractivity contribution < 1.29 is 19.8 Å². The Balaban J connectivity index is 0.000000207. The molecule has 7 nitrogen and oxygen atoms in total. The SMILES string of the molecule is NCC1CC2CC2N1c1cncc(Cl)c1.O=C(O)/C=C/C(=O)O. The fourth-order valence-electron chi connectivity index (χ4n) is 2.86. The van der Waals surface area contributed by atoms with E-state index in [-0.39, 0.29) is 0 Å². The fraction of sp³-hybridized carbons (Fsp3) is 0.400. The van der Waals surface area contributed by atoms with Gasteiger partial charge in [0.05, 0.1) is 16.9 Å². The van der Waals surface area contributed by atoms with Crippen LogP contribution in [-0.4, -0.2) is 45.8 Å². The highest BCUT2D eigenvalue weighted by Crippen LogP contribution is 2.49. The summed E-state index contributed by atoms with van der Waals surface area (Å²) >= 11 is 5.96. The zero-order chi connectivity index (χ0) is 17.0. The maximum atomic E-state index is 9.55. The smallest absolute Gasteiger partial charge is 0.328 e. The van der Waals surface area contributed by atoms with E-state index in [1.54, 1.807) is 6.20 Å². The number of hydrogen-bond donors (Lipinski definition) is 3. The predicted molar refractivity (Wildman–Crippen MR) is 85.5 cm³/mol. The monoisotopic (exact) mass is 339 g/mol. The zero-order valence-electron chi connectivity index (χ0n) is 12.3. The summed E-state index contributed by atoms with van der Waals surface area (Å²) in [5.41, 5.74) is 6.92. The Kier molecular flexibility index (Phi) is 5.57. The number of aromatic nitrogens is 1. The maximum absolute atomic E-state index is 9.55. The summed E-state index contributed by atoms with van der Waals surface area (Å²) in [4.78, 5) is 25.6. The van der Waals surface area contributed by atoms with Crippen LogP contribution < -0.4 is 10.6 Å². The molecule has 1 saturated carbocycles. The number of halogens is 1. The molecule has 1 saturated heterocycles. The first kappa shape index (κ1) is 17.2. The van der Waals surface area contributed by atoms with Gasteiger partial charge in [-0.2, -0.15) is 0 Å². The molecule has 1 aliphatic carbocycles. The van der Waals surface area contributed by atoms with E-state index in [9.17, 15) is 9.59 Å². The number of nitrogens with zero attached hydrogens (tertiary/aromatic N) is 2. The summed E-state index contributed by atoms with van der Waals surface area (Å²) in [6.45, 7) is 0.722. The molecule has 1 aromatic rings. The summed E-state index contributed by atoms with van der Waals surface area (Å²) in [5.74, 6) is -1.66. The molecule has 0 bridgehead atoms. The van der Waals surface area contributed by atoms with Crippen LogP contribution in [0.15, 0.2) is 30.6 Å². The lowest BCUT2D eigenvalue weighted by Crippen LogP contribution is -2.38. The number of fused-ring (bicyclic) bond motifs is 1. The first-order chi connectivity index (χ1) is 10.9. The number of piperidine rings is 1. The normalized spacial score (nSPS) is 24.8. The summed E-state index contributed by atoms with van der Waals surface area (Å²) in [5, 5.41) is 16.3. The van der Waals surface area contributed by atoms with Gasteiger partial charge in [0.1, 0.15) is 0 Å². The first-order valence-electron chi connectivity index (χ1n) is 7.15. The standard InChI is InChI=1S/C11H14ClN3.C4H4O4/c12-8-3-10(6-14-5-8)15-9(4-13)1-7-2-11(7)15;5-3(6)1-2-4(7)8/h3,5-7,9,11H,1-2,4,13H2;1-2H,(H,5,6)(H,7,8)/b;2-1+. The highest BCUT2D eigenvalue weighted by molar-refractivity contribution is 6.30. The third-order valence-electron chi connectivity index (χ3n) is 3.84. The Morgan fingerprint density at radius 3 is 2.48 bits per heavy atom. The maximum Gasteiger partial charge on any atom is 0.328 e. The van der Waals surface area contributed by atoms with Gasteiger partial charge < -0.3 is 20.8 Å². The van der Waals surface area contributed by atoms with Crippen LogP contribution in [0, 0.1) is 5.92 Å². The Labute approximate surface area is 138 Å².